The monoisotopic (exact) mass is 384 g/mol. The van der Waals surface area contributed by atoms with Crippen molar-refractivity contribution in [2.24, 2.45) is 46.3 Å². The molecule has 7 aliphatic carbocycles. The minimum Gasteiger partial charge on any atom is -0.456 e. The number of terminal acetylenes is 1. The number of benzene rings is 1. The van der Waals surface area contributed by atoms with Gasteiger partial charge in [-0.1, -0.05) is 42.2 Å². The molecule has 0 N–H and O–H groups in total. The van der Waals surface area contributed by atoms with Crippen LogP contribution < -0.4 is 0 Å². The Morgan fingerprint density at radius 2 is 1.41 bits per heavy atom. The summed E-state index contributed by atoms with van der Waals surface area (Å²) in [7, 11) is 0. The van der Waals surface area contributed by atoms with Crippen molar-refractivity contribution >= 4 is 5.97 Å². The molecule has 0 aromatic heterocycles. The summed E-state index contributed by atoms with van der Waals surface area (Å²) >= 11 is 0. The molecule has 0 saturated heterocycles. The van der Waals surface area contributed by atoms with Gasteiger partial charge >= 0.3 is 5.97 Å². The lowest BCUT2D eigenvalue weighted by Crippen LogP contribution is -2.67. The van der Waals surface area contributed by atoms with Gasteiger partial charge in [-0.15, -0.1) is 6.42 Å². The Morgan fingerprint density at radius 1 is 0.897 bits per heavy atom. The second-order valence-electron chi connectivity index (χ2n) is 10.5. The van der Waals surface area contributed by atoms with E-state index in [1.807, 2.05) is 18.2 Å². The second-order valence-corrected chi connectivity index (χ2v) is 10.5. The third kappa shape index (κ3) is 2.61. The van der Waals surface area contributed by atoms with Crippen molar-refractivity contribution in [3.8, 4) is 24.2 Å². The Balaban J connectivity index is 1.14. The summed E-state index contributed by atoms with van der Waals surface area (Å²) < 4.78 is 5.41. The lowest BCUT2D eigenvalue weighted by molar-refractivity contribution is -0.233. The van der Waals surface area contributed by atoms with Gasteiger partial charge in [0, 0.05) is 23.2 Å². The molecule has 0 radical (unpaired) electrons. The molecule has 148 valence electrons. The van der Waals surface area contributed by atoms with Gasteiger partial charge in [-0.3, -0.25) is 0 Å². The molecule has 0 aliphatic heterocycles. The van der Waals surface area contributed by atoms with Crippen molar-refractivity contribution < 1.29 is 9.53 Å². The van der Waals surface area contributed by atoms with Crippen molar-refractivity contribution in [1.29, 1.82) is 0 Å². The molecule has 7 fully saturated rings. The minimum absolute atomic E-state index is 0.0649. The second kappa shape index (κ2) is 6.15. The van der Waals surface area contributed by atoms with E-state index in [1.54, 1.807) is 0 Å². The lowest BCUT2D eigenvalue weighted by Gasteiger charge is -2.73. The molecule has 0 spiro atoms. The number of hydrogen-bond acceptors (Lipinski definition) is 2. The quantitative estimate of drug-likeness (QED) is 0.436. The smallest absolute Gasteiger partial charge is 0.384 e. The topological polar surface area (TPSA) is 26.3 Å². The molecule has 7 saturated carbocycles. The molecule has 29 heavy (non-hydrogen) atoms. The van der Waals surface area contributed by atoms with E-state index in [2.05, 4.69) is 29.9 Å². The number of ether oxygens (including phenoxy) is 1. The molecule has 0 unspecified atom stereocenters. The van der Waals surface area contributed by atoms with Gasteiger partial charge in [0.15, 0.2) is 0 Å². The highest BCUT2D eigenvalue weighted by Crippen LogP contribution is 2.76. The molecule has 8 rings (SSSR count). The molecule has 2 nitrogen and oxygen atoms in total. The van der Waals surface area contributed by atoms with E-state index in [9.17, 15) is 4.79 Å². The summed E-state index contributed by atoms with van der Waals surface area (Å²) in [4.78, 5) is 12.3. The van der Waals surface area contributed by atoms with Gasteiger partial charge in [-0.25, -0.2) is 4.79 Å². The van der Waals surface area contributed by atoms with Crippen LogP contribution in [-0.4, -0.2) is 12.6 Å². The molecular formula is C27H28O2. The fraction of sp³-hybridized carbons (Fsp3) is 0.593. The first-order chi connectivity index (χ1) is 14.1. The van der Waals surface area contributed by atoms with Gasteiger partial charge in [0.2, 0.25) is 0 Å². The van der Waals surface area contributed by atoms with Crippen molar-refractivity contribution in [1.82, 2.24) is 0 Å². The van der Waals surface area contributed by atoms with Crippen LogP contribution in [-0.2, 0) is 16.0 Å². The zero-order chi connectivity index (χ0) is 19.6. The molecular weight excluding hydrogens is 356 g/mol. The fourth-order valence-electron chi connectivity index (χ4n) is 8.38. The van der Waals surface area contributed by atoms with E-state index in [0.29, 0.717) is 6.61 Å². The Hall–Kier alpha value is -2.19. The van der Waals surface area contributed by atoms with Crippen molar-refractivity contribution in [2.75, 3.05) is 6.61 Å². The predicted octanol–water partition coefficient (Wildman–Crippen LogP) is 4.49. The summed E-state index contributed by atoms with van der Waals surface area (Å²) in [5.74, 6) is 14.1. The van der Waals surface area contributed by atoms with Crippen LogP contribution in [0, 0.1) is 70.5 Å². The van der Waals surface area contributed by atoms with Crippen molar-refractivity contribution in [3.63, 3.8) is 0 Å². The van der Waals surface area contributed by atoms with E-state index in [1.165, 1.54) is 44.1 Å². The minimum atomic E-state index is -0.355. The van der Waals surface area contributed by atoms with Crippen LogP contribution in [0.15, 0.2) is 30.3 Å². The van der Waals surface area contributed by atoms with Crippen LogP contribution in [0.2, 0.25) is 0 Å². The van der Waals surface area contributed by atoms with Gasteiger partial charge in [-0.2, -0.15) is 0 Å². The summed E-state index contributed by atoms with van der Waals surface area (Å²) in [5, 5.41) is 0. The van der Waals surface area contributed by atoms with Crippen molar-refractivity contribution in [3.05, 3.63) is 35.9 Å². The number of rotatable bonds is 3. The largest absolute Gasteiger partial charge is 0.456 e. The van der Waals surface area contributed by atoms with Gasteiger partial charge in [-0.05, 0) is 79.6 Å². The van der Waals surface area contributed by atoms with E-state index in [-0.39, 0.29) is 16.8 Å². The molecule has 1 aromatic rings. The third-order valence-electron chi connectivity index (χ3n) is 9.26. The number of hydrogen-bond donors (Lipinski definition) is 0. The summed E-state index contributed by atoms with van der Waals surface area (Å²) in [6.45, 7) is 0.402. The maximum Gasteiger partial charge on any atom is 0.384 e. The Labute approximate surface area is 173 Å². The molecule has 8 bridgehead atoms. The standard InChI is InChI=1S/C27H28O2/c1-2-26-12-19-22-15-27(16-23(19)21(14-26)24(17-27)20(22)13-26)10-8-25(28)29-11-9-18-6-4-3-5-7-18/h1,3-7,19-24H,9,11-17H2. The highest BCUT2D eigenvalue weighted by molar-refractivity contribution is 5.88. The molecule has 7 aliphatic rings. The Bertz CT molecular complexity index is 877. The third-order valence-corrected chi connectivity index (χ3v) is 9.26. The first-order valence-electron chi connectivity index (χ1n) is 11.3. The van der Waals surface area contributed by atoms with E-state index in [4.69, 9.17) is 11.2 Å². The van der Waals surface area contributed by atoms with Gasteiger partial charge < -0.3 is 4.74 Å². The molecule has 1 aromatic carbocycles. The van der Waals surface area contributed by atoms with Crippen LogP contribution in [0.1, 0.15) is 44.1 Å². The van der Waals surface area contributed by atoms with Gasteiger partial charge in [0.25, 0.3) is 0 Å². The highest BCUT2D eigenvalue weighted by Gasteiger charge is 2.70. The highest BCUT2D eigenvalue weighted by atomic mass is 16.5. The molecule has 0 atom stereocenters. The van der Waals surface area contributed by atoms with E-state index >= 15 is 0 Å². The van der Waals surface area contributed by atoms with Crippen LogP contribution in [0.25, 0.3) is 0 Å². The van der Waals surface area contributed by atoms with Crippen molar-refractivity contribution in [2.45, 2.75) is 44.9 Å². The Morgan fingerprint density at radius 3 is 1.93 bits per heavy atom. The predicted molar refractivity (Wildman–Crippen MR) is 111 cm³/mol. The fourth-order valence-corrected chi connectivity index (χ4v) is 8.38. The van der Waals surface area contributed by atoms with Crippen LogP contribution in [0.5, 0.6) is 0 Å². The maximum absolute atomic E-state index is 12.3. The zero-order valence-electron chi connectivity index (χ0n) is 16.9. The molecule has 0 heterocycles. The molecule has 2 heteroatoms. The first-order valence-corrected chi connectivity index (χ1v) is 11.3. The number of carbonyl (C=O) groups excluding carboxylic acids is 1. The van der Waals surface area contributed by atoms with E-state index in [0.717, 1.165) is 41.9 Å². The number of carbonyl (C=O) groups is 1. The first kappa shape index (κ1) is 17.7. The number of esters is 1. The SMILES string of the molecule is C#CC12CC3C4CC5(C#CC(=O)OCCc6ccccc6)CC3C(C1)C(C5)C4C2. The average molecular weight is 385 g/mol. The lowest BCUT2D eigenvalue weighted by atomic mass is 9.31. The molecule has 0 amide bonds. The summed E-state index contributed by atoms with van der Waals surface area (Å²) in [6, 6.07) is 10.1. The van der Waals surface area contributed by atoms with Crippen LogP contribution in [0.3, 0.4) is 0 Å². The van der Waals surface area contributed by atoms with Gasteiger partial charge in [0.1, 0.15) is 0 Å². The normalized spacial score (nSPS) is 44.8. The van der Waals surface area contributed by atoms with Gasteiger partial charge in [0.05, 0.1) is 6.61 Å². The maximum atomic E-state index is 12.3. The summed E-state index contributed by atoms with van der Waals surface area (Å²) in [5.41, 5.74) is 1.47. The van der Waals surface area contributed by atoms with Crippen LogP contribution in [0.4, 0.5) is 0 Å². The Kier molecular flexibility index (Phi) is 3.75. The zero-order valence-corrected chi connectivity index (χ0v) is 16.9. The summed E-state index contributed by atoms with van der Waals surface area (Å²) in [6.07, 6.45) is 14.1. The van der Waals surface area contributed by atoms with Crippen LogP contribution >= 0.6 is 0 Å². The van der Waals surface area contributed by atoms with E-state index < -0.39 is 0 Å². The average Bonchev–Trinajstić information content (AvgIpc) is 2.76.